The number of pyridine rings is 1. The number of anilines is 3. The Kier molecular flexibility index (Phi) is 5.09. The van der Waals surface area contributed by atoms with Gasteiger partial charge in [0.15, 0.2) is 0 Å². The first-order valence-electron chi connectivity index (χ1n) is 8.99. The van der Waals surface area contributed by atoms with E-state index in [1.807, 2.05) is 18.2 Å². The zero-order chi connectivity index (χ0) is 19.3. The molecule has 1 saturated heterocycles. The molecule has 3 aromatic rings. The van der Waals surface area contributed by atoms with Gasteiger partial charge in [-0.25, -0.2) is 19.3 Å². The second-order valence-corrected chi connectivity index (χ2v) is 6.39. The molecule has 0 saturated carbocycles. The van der Waals surface area contributed by atoms with E-state index in [1.54, 1.807) is 29.3 Å². The van der Waals surface area contributed by atoms with Crippen molar-refractivity contribution in [2.24, 2.45) is 0 Å². The van der Waals surface area contributed by atoms with Crippen molar-refractivity contribution >= 4 is 23.2 Å². The van der Waals surface area contributed by atoms with Crippen LogP contribution in [0.4, 0.5) is 21.7 Å². The van der Waals surface area contributed by atoms with Crippen molar-refractivity contribution in [3.05, 3.63) is 72.6 Å². The average Bonchev–Trinajstić information content (AvgIpc) is 2.76. The summed E-state index contributed by atoms with van der Waals surface area (Å²) >= 11 is 0. The van der Waals surface area contributed by atoms with Crippen LogP contribution in [0, 0.1) is 5.82 Å². The van der Waals surface area contributed by atoms with Gasteiger partial charge in [0.1, 0.15) is 29.5 Å². The molecule has 28 heavy (non-hydrogen) atoms. The third kappa shape index (κ3) is 4.06. The van der Waals surface area contributed by atoms with Crippen molar-refractivity contribution in [2.75, 3.05) is 36.4 Å². The first-order valence-corrected chi connectivity index (χ1v) is 8.99. The number of amides is 1. The maximum atomic E-state index is 13.0. The van der Waals surface area contributed by atoms with E-state index in [9.17, 15) is 9.18 Å². The lowest BCUT2D eigenvalue weighted by Crippen LogP contribution is -2.49. The molecule has 0 aliphatic carbocycles. The molecule has 1 amide bonds. The number of piperazine rings is 1. The van der Waals surface area contributed by atoms with Crippen LogP contribution in [0.25, 0.3) is 0 Å². The number of carbonyl (C=O) groups excluding carboxylic acids is 1. The zero-order valence-electron chi connectivity index (χ0n) is 15.1. The summed E-state index contributed by atoms with van der Waals surface area (Å²) in [6.45, 7) is 2.63. The molecule has 4 rings (SSSR count). The molecule has 1 fully saturated rings. The van der Waals surface area contributed by atoms with Crippen molar-refractivity contribution < 1.29 is 9.18 Å². The fourth-order valence-corrected chi connectivity index (χ4v) is 3.07. The predicted molar refractivity (Wildman–Crippen MR) is 104 cm³/mol. The molecule has 0 radical (unpaired) electrons. The van der Waals surface area contributed by atoms with E-state index in [4.69, 9.17) is 0 Å². The van der Waals surface area contributed by atoms with Crippen molar-refractivity contribution in [2.45, 2.75) is 0 Å². The van der Waals surface area contributed by atoms with E-state index < -0.39 is 0 Å². The van der Waals surface area contributed by atoms with Crippen LogP contribution in [0.2, 0.25) is 0 Å². The van der Waals surface area contributed by atoms with Crippen LogP contribution in [-0.4, -0.2) is 51.9 Å². The number of aromatic nitrogens is 3. The molecule has 3 heterocycles. The Morgan fingerprint density at radius 1 is 0.964 bits per heavy atom. The summed E-state index contributed by atoms with van der Waals surface area (Å²) in [6, 6.07) is 13.3. The lowest BCUT2D eigenvalue weighted by Gasteiger charge is -2.35. The number of nitrogens with one attached hydrogen (secondary N) is 1. The first kappa shape index (κ1) is 17.8. The fraction of sp³-hybridized carbons (Fsp3) is 0.200. The molecule has 1 N–H and O–H groups in total. The second-order valence-electron chi connectivity index (χ2n) is 6.39. The minimum Gasteiger partial charge on any atom is -0.353 e. The predicted octanol–water partition coefficient (Wildman–Crippen LogP) is 2.72. The molecule has 0 bridgehead atoms. The molecular formula is C20H19FN6O. The van der Waals surface area contributed by atoms with Crippen LogP contribution >= 0.6 is 0 Å². The van der Waals surface area contributed by atoms with Crippen molar-refractivity contribution in [3.63, 3.8) is 0 Å². The molecule has 1 aliphatic heterocycles. The van der Waals surface area contributed by atoms with Gasteiger partial charge < -0.3 is 15.1 Å². The molecule has 0 spiro atoms. The summed E-state index contributed by atoms with van der Waals surface area (Å²) in [4.78, 5) is 29.4. The van der Waals surface area contributed by atoms with Crippen LogP contribution in [-0.2, 0) is 0 Å². The Hall–Kier alpha value is -3.55. The molecule has 2 aromatic heterocycles. The quantitative estimate of drug-likeness (QED) is 0.753. The Bertz CT molecular complexity index is 942. The normalized spacial score (nSPS) is 14.0. The van der Waals surface area contributed by atoms with Gasteiger partial charge in [-0.3, -0.25) is 4.79 Å². The van der Waals surface area contributed by atoms with Crippen LogP contribution < -0.4 is 10.2 Å². The summed E-state index contributed by atoms with van der Waals surface area (Å²) in [5, 5.41) is 3.05. The molecule has 142 valence electrons. The minimum absolute atomic E-state index is 0.134. The van der Waals surface area contributed by atoms with E-state index in [0.717, 1.165) is 5.82 Å². The Balaban J connectivity index is 1.40. The molecule has 0 atom stereocenters. The molecule has 1 aliphatic rings. The molecule has 1 aromatic carbocycles. The van der Waals surface area contributed by atoms with Crippen LogP contribution in [0.3, 0.4) is 0 Å². The van der Waals surface area contributed by atoms with Crippen molar-refractivity contribution in [1.82, 2.24) is 19.9 Å². The van der Waals surface area contributed by atoms with Gasteiger partial charge >= 0.3 is 0 Å². The Morgan fingerprint density at radius 2 is 1.75 bits per heavy atom. The maximum Gasteiger partial charge on any atom is 0.272 e. The second kappa shape index (κ2) is 7.99. The van der Waals surface area contributed by atoms with E-state index in [2.05, 4.69) is 25.2 Å². The van der Waals surface area contributed by atoms with E-state index >= 15 is 0 Å². The number of hydrogen-bond donors (Lipinski definition) is 1. The first-order chi connectivity index (χ1) is 13.7. The van der Waals surface area contributed by atoms with Crippen LogP contribution in [0.5, 0.6) is 0 Å². The van der Waals surface area contributed by atoms with Gasteiger partial charge in [0.05, 0.1) is 0 Å². The van der Waals surface area contributed by atoms with Gasteiger partial charge in [0.2, 0.25) is 0 Å². The average molecular weight is 378 g/mol. The third-order valence-electron chi connectivity index (χ3n) is 4.54. The van der Waals surface area contributed by atoms with E-state index in [0.29, 0.717) is 43.4 Å². The van der Waals surface area contributed by atoms with Crippen molar-refractivity contribution in [3.8, 4) is 0 Å². The van der Waals surface area contributed by atoms with E-state index in [-0.39, 0.29) is 11.7 Å². The molecule has 7 nitrogen and oxygen atoms in total. The number of halogens is 1. The summed E-state index contributed by atoms with van der Waals surface area (Å²) in [7, 11) is 0. The zero-order valence-corrected chi connectivity index (χ0v) is 15.1. The fourth-order valence-electron chi connectivity index (χ4n) is 3.07. The highest BCUT2D eigenvalue weighted by molar-refractivity contribution is 5.93. The number of benzene rings is 1. The monoisotopic (exact) mass is 378 g/mol. The highest BCUT2D eigenvalue weighted by Gasteiger charge is 2.23. The van der Waals surface area contributed by atoms with Crippen LogP contribution in [0.1, 0.15) is 10.5 Å². The summed E-state index contributed by atoms with van der Waals surface area (Å²) in [6.07, 6.45) is 3.12. The van der Waals surface area contributed by atoms with E-state index in [1.165, 1.54) is 18.5 Å². The van der Waals surface area contributed by atoms with Gasteiger partial charge in [0.25, 0.3) is 5.91 Å². The standard InChI is InChI=1S/C20H19FN6O/c21-15-4-6-16(7-5-15)25-18-13-17(23-14-24-18)20(28)27-11-9-26(10-12-27)19-3-1-2-8-22-19/h1-8,13-14H,9-12H2,(H,23,24,25). The summed E-state index contributed by atoms with van der Waals surface area (Å²) in [5.41, 5.74) is 1.01. The minimum atomic E-state index is -0.311. The number of nitrogens with zero attached hydrogens (tertiary/aromatic N) is 5. The largest absolute Gasteiger partial charge is 0.353 e. The Morgan fingerprint density at radius 3 is 2.46 bits per heavy atom. The van der Waals surface area contributed by atoms with Gasteiger partial charge in [-0.15, -0.1) is 0 Å². The number of hydrogen-bond acceptors (Lipinski definition) is 6. The summed E-state index contributed by atoms with van der Waals surface area (Å²) in [5.74, 6) is 0.957. The number of rotatable bonds is 4. The highest BCUT2D eigenvalue weighted by atomic mass is 19.1. The van der Waals surface area contributed by atoms with Crippen molar-refractivity contribution in [1.29, 1.82) is 0 Å². The maximum absolute atomic E-state index is 13.0. The van der Waals surface area contributed by atoms with Gasteiger partial charge in [-0.05, 0) is 36.4 Å². The highest BCUT2D eigenvalue weighted by Crippen LogP contribution is 2.17. The number of carbonyl (C=O) groups is 1. The third-order valence-corrected chi connectivity index (χ3v) is 4.54. The lowest BCUT2D eigenvalue weighted by molar-refractivity contribution is 0.0740. The lowest BCUT2D eigenvalue weighted by atomic mass is 10.2. The smallest absolute Gasteiger partial charge is 0.272 e. The molecular weight excluding hydrogens is 359 g/mol. The molecule has 0 unspecified atom stereocenters. The molecule has 8 heteroatoms. The summed E-state index contributed by atoms with van der Waals surface area (Å²) < 4.78 is 13.0. The topological polar surface area (TPSA) is 74.2 Å². The Labute approximate surface area is 161 Å². The van der Waals surface area contributed by atoms with Crippen LogP contribution in [0.15, 0.2) is 61.1 Å². The van der Waals surface area contributed by atoms with Gasteiger partial charge in [-0.1, -0.05) is 6.07 Å². The van der Waals surface area contributed by atoms with Gasteiger partial charge in [0, 0.05) is 44.1 Å². The van der Waals surface area contributed by atoms with Gasteiger partial charge in [-0.2, -0.15) is 0 Å². The SMILES string of the molecule is O=C(c1cc(Nc2ccc(F)cc2)ncn1)N1CCN(c2ccccn2)CC1.